The van der Waals surface area contributed by atoms with Crippen molar-refractivity contribution in [2.75, 3.05) is 19.6 Å². The fourth-order valence-corrected chi connectivity index (χ4v) is 3.30. The number of nitrogens with one attached hydrogen (secondary N) is 1. The van der Waals surface area contributed by atoms with Gasteiger partial charge in [0.15, 0.2) is 0 Å². The molecule has 1 aliphatic heterocycles. The van der Waals surface area contributed by atoms with Gasteiger partial charge in [-0.3, -0.25) is 4.90 Å². The molecule has 0 saturated carbocycles. The van der Waals surface area contributed by atoms with Crippen molar-refractivity contribution in [1.82, 2.24) is 10.2 Å². The van der Waals surface area contributed by atoms with Gasteiger partial charge >= 0.3 is 0 Å². The molecule has 0 aliphatic carbocycles. The third-order valence-electron chi connectivity index (χ3n) is 5.51. The Morgan fingerprint density at radius 2 is 1.95 bits per heavy atom. The summed E-state index contributed by atoms with van der Waals surface area (Å²) in [4.78, 5) is 2.80. The number of hydrogen-bond acceptors (Lipinski definition) is 2. The molecule has 0 aromatic carbocycles. The van der Waals surface area contributed by atoms with Gasteiger partial charge in [-0.05, 0) is 31.6 Å². The minimum Gasteiger partial charge on any atom is -0.311 e. The Labute approximate surface area is 127 Å². The van der Waals surface area contributed by atoms with Gasteiger partial charge in [-0.2, -0.15) is 0 Å². The van der Waals surface area contributed by atoms with Crippen LogP contribution in [-0.4, -0.2) is 36.1 Å². The molecule has 3 unspecified atom stereocenters. The number of hydrogen-bond donors (Lipinski definition) is 1. The van der Waals surface area contributed by atoms with Crippen LogP contribution in [0.3, 0.4) is 0 Å². The summed E-state index contributed by atoms with van der Waals surface area (Å²) in [5.74, 6) is 1.61. The van der Waals surface area contributed by atoms with Crippen LogP contribution < -0.4 is 5.32 Å². The molecule has 2 nitrogen and oxygen atoms in total. The molecule has 0 radical (unpaired) electrons. The van der Waals surface area contributed by atoms with Crippen LogP contribution in [0.4, 0.5) is 0 Å². The van der Waals surface area contributed by atoms with Crippen LogP contribution in [0.2, 0.25) is 0 Å². The van der Waals surface area contributed by atoms with Gasteiger partial charge in [0.2, 0.25) is 0 Å². The van der Waals surface area contributed by atoms with Crippen molar-refractivity contribution in [2.45, 2.75) is 85.2 Å². The van der Waals surface area contributed by atoms with Gasteiger partial charge in [0.25, 0.3) is 0 Å². The molecular formula is C18H38N2. The Hall–Kier alpha value is -0.0800. The van der Waals surface area contributed by atoms with E-state index in [-0.39, 0.29) is 0 Å². The maximum Gasteiger partial charge on any atom is 0.0304 e. The molecular weight excluding hydrogens is 244 g/mol. The second kappa shape index (κ2) is 8.38. The molecule has 0 bridgehead atoms. The van der Waals surface area contributed by atoms with E-state index < -0.39 is 0 Å². The molecule has 0 aromatic heterocycles. The summed E-state index contributed by atoms with van der Waals surface area (Å²) in [6, 6.07) is 0.665. The van der Waals surface area contributed by atoms with Crippen LogP contribution in [-0.2, 0) is 0 Å². The average molecular weight is 283 g/mol. The molecule has 120 valence electrons. The van der Waals surface area contributed by atoms with Gasteiger partial charge in [0.05, 0.1) is 0 Å². The summed E-state index contributed by atoms with van der Waals surface area (Å²) in [5.41, 5.74) is 0.352. The molecule has 0 amide bonds. The Kier molecular flexibility index (Phi) is 7.53. The third kappa shape index (κ3) is 4.73. The summed E-state index contributed by atoms with van der Waals surface area (Å²) >= 11 is 0. The van der Waals surface area contributed by atoms with Crippen molar-refractivity contribution in [2.24, 2.45) is 11.8 Å². The van der Waals surface area contributed by atoms with Crippen molar-refractivity contribution in [3.63, 3.8) is 0 Å². The van der Waals surface area contributed by atoms with E-state index in [1.165, 1.54) is 45.2 Å². The Balaban J connectivity index is 2.68. The van der Waals surface area contributed by atoms with Crippen LogP contribution >= 0.6 is 0 Å². The molecule has 0 aromatic rings. The Morgan fingerprint density at radius 3 is 2.45 bits per heavy atom. The van der Waals surface area contributed by atoms with Gasteiger partial charge in [-0.25, -0.2) is 0 Å². The zero-order valence-electron chi connectivity index (χ0n) is 14.8. The summed E-state index contributed by atoms with van der Waals surface area (Å²) in [5, 5.41) is 3.78. The lowest BCUT2D eigenvalue weighted by atomic mass is 9.87. The summed E-state index contributed by atoms with van der Waals surface area (Å²) in [7, 11) is 0. The standard InChI is InChI=1S/C18H38N2/c1-7-10-11-16(8-2)12-20-13-17(15(4)5)19-14-18(20,6)9-3/h15-17,19H,7-14H2,1-6H3. The molecule has 1 rings (SSSR count). The third-order valence-corrected chi connectivity index (χ3v) is 5.51. The zero-order valence-corrected chi connectivity index (χ0v) is 14.8. The van der Waals surface area contributed by atoms with E-state index >= 15 is 0 Å². The first kappa shape index (κ1) is 18.0. The van der Waals surface area contributed by atoms with Crippen LogP contribution in [0.5, 0.6) is 0 Å². The Bertz CT molecular complexity index is 264. The number of rotatable bonds is 8. The topological polar surface area (TPSA) is 15.3 Å². The van der Waals surface area contributed by atoms with Crippen molar-refractivity contribution < 1.29 is 0 Å². The van der Waals surface area contributed by atoms with Crippen LogP contribution in [0.15, 0.2) is 0 Å². The number of unbranched alkanes of at least 4 members (excludes halogenated alkanes) is 1. The maximum absolute atomic E-state index is 3.78. The lowest BCUT2D eigenvalue weighted by Crippen LogP contribution is -2.64. The smallest absolute Gasteiger partial charge is 0.0304 e. The maximum atomic E-state index is 3.78. The van der Waals surface area contributed by atoms with Crippen LogP contribution in [0, 0.1) is 11.8 Å². The van der Waals surface area contributed by atoms with Crippen molar-refractivity contribution >= 4 is 0 Å². The fraction of sp³-hybridized carbons (Fsp3) is 1.00. The van der Waals surface area contributed by atoms with Crippen molar-refractivity contribution in [3.05, 3.63) is 0 Å². The Morgan fingerprint density at radius 1 is 1.25 bits per heavy atom. The lowest BCUT2D eigenvalue weighted by molar-refractivity contribution is 0.0236. The fourth-order valence-electron chi connectivity index (χ4n) is 3.30. The molecule has 2 heteroatoms. The monoisotopic (exact) mass is 282 g/mol. The summed E-state index contributed by atoms with van der Waals surface area (Å²) in [6.07, 6.45) is 6.70. The van der Waals surface area contributed by atoms with E-state index in [0.717, 1.165) is 18.4 Å². The first-order valence-corrected chi connectivity index (χ1v) is 8.95. The number of nitrogens with zero attached hydrogens (tertiary/aromatic N) is 1. The van der Waals surface area contributed by atoms with Crippen LogP contribution in [0.1, 0.15) is 73.6 Å². The van der Waals surface area contributed by atoms with E-state index in [1.54, 1.807) is 0 Å². The highest BCUT2D eigenvalue weighted by atomic mass is 15.3. The van der Waals surface area contributed by atoms with Gasteiger partial charge in [-0.1, -0.05) is 53.9 Å². The molecule has 1 aliphatic rings. The average Bonchev–Trinajstić information content (AvgIpc) is 2.44. The summed E-state index contributed by atoms with van der Waals surface area (Å²) in [6.45, 7) is 17.8. The quantitative estimate of drug-likeness (QED) is 0.714. The molecule has 1 heterocycles. The normalized spacial score (nSPS) is 29.9. The predicted octanol–water partition coefficient (Wildman–Crippen LogP) is 4.30. The molecule has 0 spiro atoms. The van der Waals surface area contributed by atoms with Gasteiger partial charge in [-0.15, -0.1) is 0 Å². The predicted molar refractivity (Wildman–Crippen MR) is 90.2 cm³/mol. The highest BCUT2D eigenvalue weighted by Gasteiger charge is 2.37. The van der Waals surface area contributed by atoms with E-state index in [4.69, 9.17) is 0 Å². The first-order valence-electron chi connectivity index (χ1n) is 8.95. The van der Waals surface area contributed by atoms with Crippen molar-refractivity contribution in [1.29, 1.82) is 0 Å². The molecule has 20 heavy (non-hydrogen) atoms. The van der Waals surface area contributed by atoms with E-state index in [2.05, 4.69) is 51.8 Å². The SMILES string of the molecule is CCCCC(CC)CN1CC(C(C)C)NCC1(C)CC. The van der Waals surface area contributed by atoms with E-state index in [0.29, 0.717) is 11.6 Å². The lowest BCUT2D eigenvalue weighted by Gasteiger charge is -2.50. The van der Waals surface area contributed by atoms with Gasteiger partial charge < -0.3 is 5.32 Å². The molecule has 1 N–H and O–H groups in total. The summed E-state index contributed by atoms with van der Waals surface area (Å²) < 4.78 is 0. The minimum absolute atomic E-state index is 0.352. The number of piperazine rings is 1. The van der Waals surface area contributed by atoms with Gasteiger partial charge in [0, 0.05) is 31.2 Å². The molecule has 1 saturated heterocycles. The highest BCUT2D eigenvalue weighted by molar-refractivity contribution is 4.96. The molecule has 1 fully saturated rings. The minimum atomic E-state index is 0.352. The highest BCUT2D eigenvalue weighted by Crippen LogP contribution is 2.27. The van der Waals surface area contributed by atoms with Gasteiger partial charge in [0.1, 0.15) is 0 Å². The second-order valence-electron chi connectivity index (χ2n) is 7.40. The van der Waals surface area contributed by atoms with Crippen LogP contribution in [0.25, 0.3) is 0 Å². The zero-order chi connectivity index (χ0) is 15.2. The first-order chi connectivity index (χ1) is 9.46. The van der Waals surface area contributed by atoms with E-state index in [9.17, 15) is 0 Å². The van der Waals surface area contributed by atoms with E-state index in [1.807, 2.05) is 0 Å². The molecule has 3 atom stereocenters. The van der Waals surface area contributed by atoms with Crippen molar-refractivity contribution in [3.8, 4) is 0 Å². The largest absolute Gasteiger partial charge is 0.311 e. The second-order valence-corrected chi connectivity index (χ2v) is 7.40.